The lowest BCUT2D eigenvalue weighted by Gasteiger charge is -2.26. The van der Waals surface area contributed by atoms with Gasteiger partial charge in [-0.1, -0.05) is 23.5 Å². The molecule has 0 fully saturated rings. The van der Waals surface area contributed by atoms with Crippen LogP contribution < -0.4 is 29.3 Å². The molecular weight excluding hydrogens is 478 g/mol. The second kappa shape index (κ2) is 10.4. The fourth-order valence-corrected chi connectivity index (χ4v) is 5.21. The molecule has 1 aromatic heterocycles. The number of esters is 1. The lowest BCUT2D eigenvalue weighted by molar-refractivity contribution is -0.139. The number of methoxy groups -OCH3 is 2. The highest BCUT2D eigenvalue weighted by Gasteiger charge is 2.35. The van der Waals surface area contributed by atoms with Gasteiger partial charge >= 0.3 is 5.97 Å². The fraction of sp³-hybridized carbons (Fsp3) is 0.296. The zero-order valence-electron chi connectivity index (χ0n) is 21.2. The third-order valence-electron chi connectivity index (χ3n) is 5.96. The Kier molecular flexibility index (Phi) is 7.30. The predicted molar refractivity (Wildman–Crippen MR) is 141 cm³/mol. The largest absolute Gasteiger partial charge is 0.497 e. The number of nitrogens with zero attached hydrogens (tertiary/aromatic N) is 3. The Morgan fingerprint density at radius 2 is 1.86 bits per heavy atom. The molecule has 2 heterocycles. The van der Waals surface area contributed by atoms with Gasteiger partial charge in [-0.05, 0) is 55.8 Å². The highest BCUT2D eigenvalue weighted by Crippen LogP contribution is 2.37. The summed E-state index contributed by atoms with van der Waals surface area (Å²) in [5.74, 6) is 0.570. The van der Waals surface area contributed by atoms with Crippen molar-refractivity contribution in [2.75, 3.05) is 39.8 Å². The van der Waals surface area contributed by atoms with Crippen molar-refractivity contribution >= 4 is 29.1 Å². The summed E-state index contributed by atoms with van der Waals surface area (Å²) >= 11 is 1.28. The summed E-state index contributed by atoms with van der Waals surface area (Å²) in [6.45, 7) is 3.69. The van der Waals surface area contributed by atoms with Crippen molar-refractivity contribution in [2.45, 2.75) is 19.9 Å². The van der Waals surface area contributed by atoms with Gasteiger partial charge in [0.25, 0.3) is 5.56 Å². The van der Waals surface area contributed by atoms with Gasteiger partial charge in [0.05, 0.1) is 36.6 Å². The van der Waals surface area contributed by atoms with Crippen LogP contribution in [0.4, 0.5) is 5.69 Å². The summed E-state index contributed by atoms with van der Waals surface area (Å²) in [6, 6.07) is 12.4. The average Bonchev–Trinajstić information content (AvgIpc) is 3.17. The molecule has 1 aliphatic heterocycles. The SMILES string of the molecule is CCOC(=O)C1=C(C)N=c2s/c(=C\c3ccc(N(C)C)cc3)c(=O)n2[C@@H]1c1cc(OC)ccc1OC. The maximum absolute atomic E-state index is 13.8. The Hall–Kier alpha value is -3.85. The molecule has 4 rings (SSSR count). The predicted octanol–water partition coefficient (Wildman–Crippen LogP) is 2.88. The summed E-state index contributed by atoms with van der Waals surface area (Å²) in [6.07, 6.45) is 1.84. The molecule has 0 radical (unpaired) electrons. The third-order valence-corrected chi connectivity index (χ3v) is 6.94. The van der Waals surface area contributed by atoms with Gasteiger partial charge < -0.3 is 19.1 Å². The Labute approximate surface area is 213 Å². The molecular formula is C27H29N3O5S. The zero-order chi connectivity index (χ0) is 26.0. The van der Waals surface area contributed by atoms with E-state index in [1.165, 1.54) is 11.3 Å². The van der Waals surface area contributed by atoms with E-state index >= 15 is 0 Å². The summed E-state index contributed by atoms with van der Waals surface area (Å²) in [5.41, 5.74) is 3.09. The van der Waals surface area contributed by atoms with Crippen LogP contribution >= 0.6 is 11.3 Å². The Bertz CT molecular complexity index is 1500. The molecule has 2 aromatic carbocycles. The first-order chi connectivity index (χ1) is 17.3. The Balaban J connectivity index is 1.96. The third kappa shape index (κ3) is 4.66. The normalized spacial score (nSPS) is 15.3. The van der Waals surface area contributed by atoms with Crippen LogP contribution in [0.25, 0.3) is 6.08 Å². The molecule has 1 aliphatic rings. The van der Waals surface area contributed by atoms with Crippen molar-refractivity contribution in [3.63, 3.8) is 0 Å². The number of carbonyl (C=O) groups is 1. The van der Waals surface area contributed by atoms with Crippen LogP contribution in [0.3, 0.4) is 0 Å². The standard InChI is InChI=1S/C27H29N3O5S/c1-7-35-26(32)23-16(2)28-27-30(24(23)20-15-19(33-5)12-13-21(20)34-6)25(31)22(36-27)14-17-8-10-18(11-9-17)29(3)4/h8-15,24H,7H2,1-6H3/b22-14-/t24-/m1/s1. The van der Waals surface area contributed by atoms with Gasteiger partial charge in [-0.15, -0.1) is 0 Å². The minimum Gasteiger partial charge on any atom is -0.497 e. The van der Waals surface area contributed by atoms with E-state index < -0.39 is 12.0 Å². The number of hydrogen-bond acceptors (Lipinski definition) is 8. The summed E-state index contributed by atoms with van der Waals surface area (Å²) in [7, 11) is 7.06. The van der Waals surface area contributed by atoms with Crippen LogP contribution in [0.15, 0.2) is 63.5 Å². The number of anilines is 1. The van der Waals surface area contributed by atoms with Gasteiger partial charge in [0.2, 0.25) is 0 Å². The quantitative estimate of drug-likeness (QED) is 0.458. The number of hydrogen-bond donors (Lipinski definition) is 0. The summed E-state index contributed by atoms with van der Waals surface area (Å²) in [4.78, 5) is 34.0. The van der Waals surface area contributed by atoms with Gasteiger partial charge in [0.15, 0.2) is 4.80 Å². The monoisotopic (exact) mass is 507 g/mol. The van der Waals surface area contributed by atoms with Crippen molar-refractivity contribution in [3.8, 4) is 11.5 Å². The number of benzene rings is 2. The Morgan fingerprint density at radius 1 is 1.14 bits per heavy atom. The van der Waals surface area contributed by atoms with Crippen LogP contribution in [0.1, 0.15) is 31.0 Å². The van der Waals surface area contributed by atoms with E-state index in [2.05, 4.69) is 4.99 Å². The van der Waals surface area contributed by atoms with Gasteiger partial charge in [-0.2, -0.15) is 0 Å². The zero-order valence-corrected chi connectivity index (χ0v) is 22.0. The molecule has 0 aliphatic carbocycles. The molecule has 8 nitrogen and oxygen atoms in total. The van der Waals surface area contributed by atoms with Gasteiger partial charge in [-0.25, -0.2) is 9.79 Å². The average molecular weight is 508 g/mol. The summed E-state index contributed by atoms with van der Waals surface area (Å²) < 4.78 is 18.5. The van der Waals surface area contributed by atoms with Crippen molar-refractivity contribution in [2.24, 2.45) is 4.99 Å². The number of allylic oxidation sites excluding steroid dienone is 1. The van der Waals surface area contributed by atoms with E-state index in [9.17, 15) is 9.59 Å². The van der Waals surface area contributed by atoms with Gasteiger partial charge in [0.1, 0.15) is 17.5 Å². The highest BCUT2D eigenvalue weighted by atomic mass is 32.1. The van der Waals surface area contributed by atoms with E-state index in [4.69, 9.17) is 14.2 Å². The number of ether oxygens (including phenoxy) is 3. The molecule has 9 heteroatoms. The minimum absolute atomic E-state index is 0.199. The second-order valence-corrected chi connectivity index (χ2v) is 9.41. The molecule has 0 bridgehead atoms. The lowest BCUT2D eigenvalue weighted by Crippen LogP contribution is -2.40. The number of thiazole rings is 1. The number of carbonyl (C=O) groups excluding carboxylic acids is 1. The van der Waals surface area contributed by atoms with Crippen LogP contribution in [-0.2, 0) is 9.53 Å². The topological polar surface area (TPSA) is 82.4 Å². The molecule has 0 saturated heterocycles. The molecule has 1 atom stereocenters. The van der Waals surface area contributed by atoms with Crippen molar-refractivity contribution in [3.05, 3.63) is 84.5 Å². The van der Waals surface area contributed by atoms with Crippen molar-refractivity contribution in [1.82, 2.24) is 4.57 Å². The number of aromatic nitrogens is 1. The lowest BCUT2D eigenvalue weighted by atomic mass is 9.94. The summed E-state index contributed by atoms with van der Waals surface area (Å²) in [5, 5.41) is 0. The second-order valence-electron chi connectivity index (χ2n) is 8.40. The first kappa shape index (κ1) is 25.2. The van der Waals surface area contributed by atoms with Crippen LogP contribution in [0.2, 0.25) is 0 Å². The van der Waals surface area contributed by atoms with E-state index in [0.29, 0.717) is 32.1 Å². The molecule has 0 spiro atoms. The fourth-order valence-electron chi connectivity index (χ4n) is 4.16. The molecule has 188 valence electrons. The van der Waals surface area contributed by atoms with Gasteiger partial charge in [-0.3, -0.25) is 9.36 Å². The molecule has 0 unspecified atom stereocenters. The number of fused-ring (bicyclic) bond motifs is 1. The molecule has 0 N–H and O–H groups in total. The van der Waals surface area contributed by atoms with Gasteiger partial charge in [0, 0.05) is 25.3 Å². The number of rotatable bonds is 7. The smallest absolute Gasteiger partial charge is 0.338 e. The van der Waals surface area contributed by atoms with E-state index in [-0.39, 0.29) is 17.7 Å². The maximum Gasteiger partial charge on any atom is 0.338 e. The maximum atomic E-state index is 13.8. The highest BCUT2D eigenvalue weighted by molar-refractivity contribution is 7.07. The molecule has 3 aromatic rings. The van der Waals surface area contributed by atoms with Crippen molar-refractivity contribution in [1.29, 1.82) is 0 Å². The van der Waals surface area contributed by atoms with Crippen LogP contribution in [0.5, 0.6) is 11.5 Å². The van der Waals surface area contributed by atoms with E-state index in [1.807, 2.05) is 49.3 Å². The van der Waals surface area contributed by atoms with Crippen LogP contribution in [-0.4, -0.2) is 45.5 Å². The Morgan fingerprint density at radius 3 is 2.47 bits per heavy atom. The van der Waals surface area contributed by atoms with E-state index in [0.717, 1.165) is 11.3 Å². The van der Waals surface area contributed by atoms with Crippen molar-refractivity contribution < 1.29 is 19.0 Å². The minimum atomic E-state index is -0.788. The molecule has 0 amide bonds. The molecule has 0 saturated carbocycles. The molecule has 36 heavy (non-hydrogen) atoms. The first-order valence-electron chi connectivity index (χ1n) is 11.5. The first-order valence-corrected chi connectivity index (χ1v) is 12.3. The van der Waals surface area contributed by atoms with E-state index in [1.54, 1.807) is 50.8 Å². The van der Waals surface area contributed by atoms with Crippen LogP contribution in [0, 0.1) is 0 Å².